The van der Waals surface area contributed by atoms with Gasteiger partial charge in [0.25, 0.3) is 16.4 Å². The highest BCUT2D eigenvalue weighted by Crippen LogP contribution is 2.29. The standard InChI is InChI=1S/C6H6BrF2N3O2S/c7-4-2(10)1-3(5(8)9)12-6(4)15(11,13)14/h1,5H,(H2,10,12)(H2,11,13,14). The SMILES string of the molecule is Nc1cc(C(F)F)nc(S(N)(=O)=O)c1Br. The van der Waals surface area contributed by atoms with Crippen molar-refractivity contribution in [3.63, 3.8) is 0 Å². The number of pyridine rings is 1. The fourth-order valence-corrected chi connectivity index (χ4v) is 2.33. The number of nitrogen functional groups attached to an aromatic ring is 1. The third kappa shape index (κ3) is 2.61. The van der Waals surface area contributed by atoms with Gasteiger partial charge >= 0.3 is 0 Å². The normalized spacial score (nSPS) is 12.1. The van der Waals surface area contributed by atoms with Crippen LogP contribution in [-0.4, -0.2) is 13.4 Å². The molecule has 15 heavy (non-hydrogen) atoms. The van der Waals surface area contributed by atoms with Crippen molar-refractivity contribution in [3.8, 4) is 0 Å². The number of aromatic nitrogens is 1. The summed E-state index contributed by atoms with van der Waals surface area (Å²) in [7, 11) is -4.18. The van der Waals surface area contributed by atoms with E-state index in [4.69, 9.17) is 10.9 Å². The van der Waals surface area contributed by atoms with Crippen molar-refractivity contribution < 1.29 is 17.2 Å². The molecule has 9 heteroatoms. The third-order valence-electron chi connectivity index (χ3n) is 1.47. The molecular weight excluding hydrogens is 296 g/mol. The summed E-state index contributed by atoms with van der Waals surface area (Å²) in [5, 5.41) is 4.08. The lowest BCUT2D eigenvalue weighted by molar-refractivity contribution is 0.145. The lowest BCUT2D eigenvalue weighted by Crippen LogP contribution is -2.16. The Hall–Kier alpha value is -0.800. The number of sulfonamides is 1. The Morgan fingerprint density at radius 1 is 1.47 bits per heavy atom. The number of nitrogens with zero attached hydrogens (tertiary/aromatic N) is 1. The summed E-state index contributed by atoms with van der Waals surface area (Å²) in [4.78, 5) is 3.21. The van der Waals surface area contributed by atoms with E-state index in [9.17, 15) is 17.2 Å². The van der Waals surface area contributed by atoms with Crippen LogP contribution in [0.3, 0.4) is 0 Å². The molecule has 0 aliphatic rings. The number of hydrogen-bond acceptors (Lipinski definition) is 4. The van der Waals surface area contributed by atoms with Gasteiger partial charge in [-0.25, -0.2) is 27.3 Å². The van der Waals surface area contributed by atoms with Crippen molar-refractivity contribution in [1.82, 2.24) is 4.98 Å². The van der Waals surface area contributed by atoms with Crippen molar-refractivity contribution in [1.29, 1.82) is 0 Å². The van der Waals surface area contributed by atoms with Crippen LogP contribution < -0.4 is 10.9 Å². The second kappa shape index (κ2) is 3.99. The third-order valence-corrected chi connectivity index (χ3v) is 3.40. The van der Waals surface area contributed by atoms with Crippen LogP contribution in [0.1, 0.15) is 12.1 Å². The first kappa shape index (κ1) is 12.3. The summed E-state index contributed by atoms with van der Waals surface area (Å²) in [6.45, 7) is 0. The topological polar surface area (TPSA) is 99.1 Å². The first-order valence-corrected chi connectivity index (χ1v) is 5.84. The molecule has 0 saturated heterocycles. The van der Waals surface area contributed by atoms with E-state index >= 15 is 0 Å². The molecule has 0 unspecified atom stereocenters. The summed E-state index contributed by atoms with van der Waals surface area (Å²) >= 11 is 2.81. The lowest BCUT2D eigenvalue weighted by atomic mass is 10.3. The summed E-state index contributed by atoms with van der Waals surface area (Å²) < 4.78 is 46.4. The molecule has 0 radical (unpaired) electrons. The van der Waals surface area contributed by atoms with Crippen LogP contribution in [0.4, 0.5) is 14.5 Å². The summed E-state index contributed by atoms with van der Waals surface area (Å²) in [6, 6.07) is 0.878. The van der Waals surface area contributed by atoms with Gasteiger partial charge in [0.1, 0.15) is 5.69 Å². The van der Waals surface area contributed by atoms with Gasteiger partial charge in [0.2, 0.25) is 0 Å². The van der Waals surface area contributed by atoms with Crippen LogP contribution in [0.25, 0.3) is 0 Å². The zero-order chi connectivity index (χ0) is 11.8. The zero-order valence-electron chi connectivity index (χ0n) is 7.12. The maximum absolute atomic E-state index is 12.3. The predicted molar refractivity (Wildman–Crippen MR) is 52.7 cm³/mol. The summed E-state index contributed by atoms with van der Waals surface area (Å²) in [5.74, 6) is 0. The molecule has 5 nitrogen and oxygen atoms in total. The van der Waals surface area contributed by atoms with Crippen LogP contribution in [0.5, 0.6) is 0 Å². The Morgan fingerprint density at radius 3 is 2.40 bits per heavy atom. The Morgan fingerprint density at radius 2 is 2.00 bits per heavy atom. The molecule has 1 aromatic heterocycles. The second-order valence-electron chi connectivity index (χ2n) is 2.60. The fraction of sp³-hybridized carbons (Fsp3) is 0.167. The molecule has 0 aliphatic carbocycles. The molecule has 0 amide bonds. The van der Waals surface area contributed by atoms with Crippen LogP contribution in [0.15, 0.2) is 15.6 Å². The largest absolute Gasteiger partial charge is 0.398 e. The van der Waals surface area contributed by atoms with Crippen molar-refractivity contribution in [2.45, 2.75) is 11.5 Å². The highest BCUT2D eigenvalue weighted by molar-refractivity contribution is 9.10. The number of hydrogen-bond donors (Lipinski definition) is 2. The fourth-order valence-electron chi connectivity index (χ4n) is 0.845. The van der Waals surface area contributed by atoms with Crippen LogP contribution in [0.2, 0.25) is 0 Å². The van der Waals surface area contributed by atoms with E-state index in [1.807, 2.05) is 0 Å². The maximum Gasteiger partial charge on any atom is 0.280 e. The minimum absolute atomic E-state index is 0.116. The maximum atomic E-state index is 12.3. The van der Waals surface area contributed by atoms with Gasteiger partial charge < -0.3 is 5.73 Å². The second-order valence-corrected chi connectivity index (χ2v) is 4.87. The Bertz CT molecular complexity index is 491. The van der Waals surface area contributed by atoms with E-state index in [0.29, 0.717) is 0 Å². The summed E-state index contributed by atoms with van der Waals surface area (Å²) in [5.41, 5.74) is 4.42. The predicted octanol–water partition coefficient (Wildman–Crippen LogP) is 1.01. The van der Waals surface area contributed by atoms with E-state index < -0.39 is 27.2 Å². The first-order chi connectivity index (χ1) is 6.73. The number of alkyl halides is 2. The van der Waals surface area contributed by atoms with Gasteiger partial charge in [-0.1, -0.05) is 0 Å². The monoisotopic (exact) mass is 301 g/mol. The van der Waals surface area contributed by atoms with Crippen molar-refractivity contribution in [2.75, 3.05) is 5.73 Å². The zero-order valence-corrected chi connectivity index (χ0v) is 9.52. The van der Waals surface area contributed by atoms with Gasteiger partial charge in [0.15, 0.2) is 5.03 Å². The molecular formula is C6H6BrF2N3O2S. The van der Waals surface area contributed by atoms with E-state index in [0.717, 1.165) is 6.07 Å². The Balaban J connectivity index is 3.52. The van der Waals surface area contributed by atoms with Gasteiger partial charge in [-0.2, -0.15) is 0 Å². The highest BCUT2D eigenvalue weighted by atomic mass is 79.9. The van der Waals surface area contributed by atoms with E-state index in [2.05, 4.69) is 20.9 Å². The molecule has 1 heterocycles. The number of nitrogens with two attached hydrogens (primary N) is 2. The van der Waals surface area contributed by atoms with E-state index in [1.54, 1.807) is 0 Å². The van der Waals surface area contributed by atoms with Crippen LogP contribution >= 0.6 is 15.9 Å². The van der Waals surface area contributed by atoms with Gasteiger partial charge in [-0.15, -0.1) is 0 Å². The average Bonchev–Trinajstić information content (AvgIpc) is 2.06. The molecule has 0 spiro atoms. The smallest absolute Gasteiger partial charge is 0.280 e. The molecule has 84 valence electrons. The van der Waals surface area contributed by atoms with E-state index in [-0.39, 0.29) is 10.2 Å². The van der Waals surface area contributed by atoms with Crippen LogP contribution in [0, 0.1) is 0 Å². The van der Waals surface area contributed by atoms with Gasteiger partial charge in [-0.3, -0.25) is 0 Å². The molecule has 0 bridgehead atoms. The number of halogens is 3. The van der Waals surface area contributed by atoms with Crippen molar-refractivity contribution in [3.05, 3.63) is 16.2 Å². The minimum atomic E-state index is -4.18. The van der Waals surface area contributed by atoms with E-state index in [1.165, 1.54) is 0 Å². The lowest BCUT2D eigenvalue weighted by Gasteiger charge is -2.07. The molecule has 0 fully saturated rings. The molecule has 1 rings (SSSR count). The van der Waals surface area contributed by atoms with Crippen molar-refractivity contribution in [2.24, 2.45) is 5.14 Å². The Labute approximate surface area is 92.7 Å². The molecule has 0 aromatic carbocycles. The van der Waals surface area contributed by atoms with Gasteiger partial charge in [-0.05, 0) is 22.0 Å². The molecule has 4 N–H and O–H groups in total. The molecule has 0 atom stereocenters. The minimum Gasteiger partial charge on any atom is -0.398 e. The molecule has 0 aliphatic heterocycles. The molecule has 0 saturated carbocycles. The Kier molecular flexibility index (Phi) is 3.26. The highest BCUT2D eigenvalue weighted by Gasteiger charge is 2.21. The molecule has 1 aromatic rings. The quantitative estimate of drug-likeness (QED) is 0.851. The number of primary sulfonamides is 1. The average molecular weight is 302 g/mol. The summed E-state index contributed by atoms with van der Waals surface area (Å²) in [6.07, 6.45) is -2.92. The first-order valence-electron chi connectivity index (χ1n) is 3.50. The van der Waals surface area contributed by atoms with Crippen molar-refractivity contribution >= 4 is 31.6 Å². The van der Waals surface area contributed by atoms with Gasteiger partial charge in [0.05, 0.1) is 10.2 Å². The number of anilines is 1. The van der Waals surface area contributed by atoms with Gasteiger partial charge in [0, 0.05) is 0 Å². The van der Waals surface area contributed by atoms with Crippen LogP contribution in [-0.2, 0) is 10.0 Å². The number of rotatable bonds is 2.